The van der Waals surface area contributed by atoms with E-state index in [9.17, 15) is 22.0 Å². The summed E-state index contributed by atoms with van der Waals surface area (Å²) < 4.78 is 75.4. The lowest BCUT2D eigenvalue weighted by Gasteiger charge is -2.28. The Morgan fingerprint density at radius 1 is 0.912 bits per heavy atom. The molecule has 0 aromatic heterocycles. The van der Waals surface area contributed by atoms with Gasteiger partial charge in [-0.2, -0.15) is 0 Å². The monoisotopic (exact) mass is 476 g/mol. The zero-order chi connectivity index (χ0) is 24.3. The molecule has 1 aliphatic heterocycles. The largest absolute Gasteiger partial charge is 0.573 e. The van der Waals surface area contributed by atoms with Crippen molar-refractivity contribution in [2.75, 3.05) is 19.9 Å². The molecule has 1 unspecified atom stereocenters. The summed E-state index contributed by atoms with van der Waals surface area (Å²) in [5.41, 5.74) is 2.17. The molecule has 3 aromatic rings. The summed E-state index contributed by atoms with van der Waals surface area (Å²) >= 11 is 0. The maximum atomic E-state index is 14.4. The fourth-order valence-electron chi connectivity index (χ4n) is 3.82. The zero-order valence-electron chi connectivity index (χ0n) is 18.2. The fourth-order valence-corrected chi connectivity index (χ4v) is 3.82. The van der Waals surface area contributed by atoms with Gasteiger partial charge in [-0.15, -0.1) is 13.2 Å². The first-order valence-electron chi connectivity index (χ1n) is 10.6. The first kappa shape index (κ1) is 23.7. The highest BCUT2D eigenvalue weighted by Gasteiger charge is 2.33. The number of aliphatic imine (C=N–C) groups is 1. The predicted molar refractivity (Wildman–Crippen MR) is 117 cm³/mol. The molecule has 3 aromatic carbocycles. The fraction of sp³-hybridized carbons (Fsp3) is 0.240. The van der Waals surface area contributed by atoms with Crippen molar-refractivity contribution in [3.63, 3.8) is 0 Å². The van der Waals surface area contributed by atoms with Gasteiger partial charge in [-0.25, -0.2) is 8.78 Å². The Hall–Kier alpha value is -3.46. The number of hydrogen-bond donors (Lipinski definition) is 0. The molecule has 0 aliphatic carbocycles. The number of halogens is 5. The van der Waals surface area contributed by atoms with E-state index >= 15 is 0 Å². The van der Waals surface area contributed by atoms with Crippen LogP contribution in [-0.4, -0.2) is 37.0 Å². The molecule has 0 spiro atoms. The maximum absolute atomic E-state index is 14.4. The summed E-state index contributed by atoms with van der Waals surface area (Å²) in [7, 11) is 0. The van der Waals surface area contributed by atoms with E-state index in [0.29, 0.717) is 18.7 Å². The van der Waals surface area contributed by atoms with Gasteiger partial charge in [0.15, 0.2) is 0 Å². The Bertz CT molecular complexity index is 1140. The van der Waals surface area contributed by atoms with Crippen LogP contribution in [0.15, 0.2) is 71.7 Å². The molecule has 0 N–H and O–H groups in total. The van der Waals surface area contributed by atoms with Gasteiger partial charge in [0, 0.05) is 6.61 Å². The highest BCUT2D eigenvalue weighted by atomic mass is 19.4. The van der Waals surface area contributed by atoms with Crippen molar-refractivity contribution < 1.29 is 31.4 Å². The number of rotatable bonds is 7. The van der Waals surface area contributed by atoms with Crippen LogP contribution in [0.3, 0.4) is 0 Å². The molecular formula is C25H21F5N2O2. The summed E-state index contributed by atoms with van der Waals surface area (Å²) in [6.45, 7) is 2.64. The third kappa shape index (κ3) is 5.20. The van der Waals surface area contributed by atoms with Crippen molar-refractivity contribution in [1.29, 1.82) is 0 Å². The van der Waals surface area contributed by atoms with E-state index in [1.807, 2.05) is 31.2 Å². The lowest BCUT2D eigenvalue weighted by atomic mass is 10.00. The van der Waals surface area contributed by atoms with Crippen LogP contribution in [0.2, 0.25) is 0 Å². The summed E-state index contributed by atoms with van der Waals surface area (Å²) in [6, 6.07) is 16.3. The minimum Gasteiger partial charge on any atom is -0.406 e. The van der Waals surface area contributed by atoms with Crippen LogP contribution in [-0.2, 0) is 4.74 Å². The topological polar surface area (TPSA) is 34.1 Å². The van der Waals surface area contributed by atoms with E-state index in [4.69, 9.17) is 4.74 Å². The van der Waals surface area contributed by atoms with Crippen LogP contribution in [0.4, 0.5) is 22.0 Å². The maximum Gasteiger partial charge on any atom is 0.573 e. The number of nitrogens with zero attached hydrogens (tertiary/aromatic N) is 2. The predicted octanol–water partition coefficient (Wildman–Crippen LogP) is 6.33. The summed E-state index contributed by atoms with van der Waals surface area (Å²) in [4.78, 5) is 6.14. The zero-order valence-corrected chi connectivity index (χ0v) is 18.2. The van der Waals surface area contributed by atoms with Crippen molar-refractivity contribution in [3.8, 4) is 16.9 Å². The average molecular weight is 476 g/mol. The van der Waals surface area contributed by atoms with Gasteiger partial charge >= 0.3 is 6.36 Å². The SMILES string of the molecule is CCOCN1C(c2c(F)cccc2F)=NCC1c1ccc(-c2ccc(OC(F)(F)F)cc2)cc1. The van der Waals surface area contributed by atoms with Crippen molar-refractivity contribution in [1.82, 2.24) is 4.90 Å². The second-order valence-corrected chi connectivity index (χ2v) is 7.56. The first-order valence-corrected chi connectivity index (χ1v) is 10.6. The Morgan fingerprint density at radius 3 is 2.06 bits per heavy atom. The third-order valence-electron chi connectivity index (χ3n) is 5.40. The van der Waals surface area contributed by atoms with Gasteiger partial charge < -0.3 is 14.4 Å². The molecule has 0 saturated carbocycles. The van der Waals surface area contributed by atoms with Gasteiger partial charge in [0.1, 0.15) is 30.0 Å². The van der Waals surface area contributed by atoms with Gasteiger partial charge in [-0.3, -0.25) is 4.99 Å². The van der Waals surface area contributed by atoms with Crippen LogP contribution < -0.4 is 4.74 Å². The first-order chi connectivity index (χ1) is 16.3. The molecule has 1 aliphatic rings. The van der Waals surface area contributed by atoms with Crippen LogP contribution in [0.1, 0.15) is 24.1 Å². The molecule has 0 fully saturated rings. The highest BCUT2D eigenvalue weighted by Crippen LogP contribution is 2.32. The number of benzene rings is 3. The molecule has 0 radical (unpaired) electrons. The lowest BCUT2D eigenvalue weighted by Crippen LogP contribution is -2.34. The minimum atomic E-state index is -4.75. The smallest absolute Gasteiger partial charge is 0.406 e. The van der Waals surface area contributed by atoms with Crippen LogP contribution in [0.5, 0.6) is 5.75 Å². The molecule has 1 atom stereocenters. The molecule has 9 heteroatoms. The number of alkyl halides is 3. The summed E-state index contributed by atoms with van der Waals surface area (Å²) in [5, 5.41) is 0. The molecular weight excluding hydrogens is 455 g/mol. The standard InChI is InChI=1S/C25H21F5N2O2/c1-2-33-15-32-22(14-31-24(32)23-20(26)4-3-5-21(23)27)18-8-6-16(7-9-18)17-10-12-19(13-11-17)34-25(28,29)30/h3-13,22H,2,14-15H2,1H3. The van der Waals surface area contributed by atoms with Gasteiger partial charge in [-0.05, 0) is 47.9 Å². The van der Waals surface area contributed by atoms with Gasteiger partial charge in [0.25, 0.3) is 0 Å². The van der Waals surface area contributed by atoms with Gasteiger partial charge in [-0.1, -0.05) is 42.5 Å². The molecule has 0 bridgehead atoms. The Labute approximate surface area is 193 Å². The summed E-state index contributed by atoms with van der Waals surface area (Å²) in [5.74, 6) is -1.50. The lowest BCUT2D eigenvalue weighted by molar-refractivity contribution is -0.274. The van der Waals surface area contributed by atoms with E-state index < -0.39 is 18.0 Å². The number of ether oxygens (including phenoxy) is 2. The number of amidine groups is 1. The van der Waals surface area contributed by atoms with Crippen LogP contribution >= 0.6 is 0 Å². The molecule has 1 heterocycles. The van der Waals surface area contributed by atoms with E-state index in [2.05, 4.69) is 9.73 Å². The summed E-state index contributed by atoms with van der Waals surface area (Å²) in [6.07, 6.45) is -4.75. The second kappa shape index (κ2) is 9.80. The minimum absolute atomic E-state index is 0.107. The van der Waals surface area contributed by atoms with Crippen molar-refractivity contribution in [3.05, 3.63) is 89.5 Å². The third-order valence-corrected chi connectivity index (χ3v) is 5.40. The van der Waals surface area contributed by atoms with E-state index in [-0.39, 0.29) is 29.9 Å². The molecule has 0 amide bonds. The van der Waals surface area contributed by atoms with E-state index in [1.54, 1.807) is 4.90 Å². The molecule has 0 saturated heterocycles. The van der Waals surface area contributed by atoms with Crippen LogP contribution in [0, 0.1) is 11.6 Å². The van der Waals surface area contributed by atoms with Gasteiger partial charge in [0.2, 0.25) is 0 Å². The van der Waals surface area contributed by atoms with E-state index in [0.717, 1.165) is 11.1 Å². The van der Waals surface area contributed by atoms with E-state index in [1.165, 1.54) is 42.5 Å². The second-order valence-electron chi connectivity index (χ2n) is 7.56. The highest BCUT2D eigenvalue weighted by molar-refractivity contribution is 6.00. The Kier molecular flexibility index (Phi) is 6.83. The van der Waals surface area contributed by atoms with Crippen molar-refractivity contribution >= 4 is 5.84 Å². The van der Waals surface area contributed by atoms with Crippen molar-refractivity contribution in [2.24, 2.45) is 4.99 Å². The van der Waals surface area contributed by atoms with Crippen LogP contribution in [0.25, 0.3) is 11.1 Å². The van der Waals surface area contributed by atoms with Gasteiger partial charge in [0.05, 0.1) is 18.2 Å². The molecule has 34 heavy (non-hydrogen) atoms. The number of hydrogen-bond acceptors (Lipinski definition) is 4. The molecule has 178 valence electrons. The van der Waals surface area contributed by atoms with Crippen molar-refractivity contribution in [2.45, 2.75) is 19.3 Å². The Balaban J connectivity index is 1.56. The quantitative estimate of drug-likeness (QED) is 0.374. The Morgan fingerprint density at radius 2 is 1.50 bits per heavy atom. The average Bonchev–Trinajstić information content (AvgIpc) is 3.20. The molecule has 4 nitrogen and oxygen atoms in total. The molecule has 4 rings (SSSR count). The normalized spacial score (nSPS) is 16.0.